The number of hydrogen-bond acceptors (Lipinski definition) is 5. The van der Waals surface area contributed by atoms with Crippen molar-refractivity contribution in [2.24, 2.45) is 11.7 Å². The van der Waals surface area contributed by atoms with Crippen LogP contribution in [0.3, 0.4) is 0 Å². The number of ether oxygens (including phenoxy) is 1. The number of amidine groups is 1. The molecule has 1 saturated heterocycles. The van der Waals surface area contributed by atoms with Crippen molar-refractivity contribution in [3.63, 3.8) is 0 Å². The number of nitrogens with two attached hydrogens (primary N) is 1. The van der Waals surface area contributed by atoms with Crippen LogP contribution in [0.5, 0.6) is 5.75 Å². The molecule has 0 radical (unpaired) electrons. The molecule has 2 aromatic carbocycles. The Morgan fingerprint density at radius 3 is 2.30 bits per heavy atom. The zero-order valence-electron chi connectivity index (χ0n) is 17.9. The molecule has 0 spiro atoms. The fraction of sp³-hybridized carbons (Fsp3) is 0.240. The molecular weight excluding hydrogens is 422 g/mol. The second-order valence-corrected chi connectivity index (χ2v) is 8.15. The molecule has 4 N–H and O–H groups in total. The van der Waals surface area contributed by atoms with Crippen LogP contribution in [0, 0.1) is 11.3 Å². The number of aliphatic carboxylic acids is 1. The number of amides is 1. The number of carbonyl (C=O) groups is 2. The molecular formula is C25H25N3O5. The Labute approximate surface area is 191 Å². The molecule has 0 unspecified atom stereocenters. The van der Waals surface area contributed by atoms with Crippen molar-refractivity contribution >= 4 is 17.7 Å². The van der Waals surface area contributed by atoms with Gasteiger partial charge in [-0.05, 0) is 41.7 Å². The molecule has 8 nitrogen and oxygen atoms in total. The predicted molar refractivity (Wildman–Crippen MR) is 122 cm³/mol. The molecule has 4 rings (SSSR count). The summed E-state index contributed by atoms with van der Waals surface area (Å²) < 4.78 is 11.0. The molecule has 0 saturated carbocycles. The maximum Gasteiger partial charge on any atom is 0.303 e. The fourth-order valence-electron chi connectivity index (χ4n) is 4.15. The Hall–Kier alpha value is -4.07. The molecule has 2 heterocycles. The number of nitrogen functional groups attached to an aromatic ring is 1. The summed E-state index contributed by atoms with van der Waals surface area (Å²) in [4.78, 5) is 25.7. The number of carboxylic acid groups (broad SMARTS) is 1. The van der Waals surface area contributed by atoms with E-state index in [1.807, 2.05) is 36.4 Å². The number of nitrogens with zero attached hydrogens (tertiary/aromatic N) is 1. The van der Waals surface area contributed by atoms with Crippen LogP contribution >= 0.6 is 0 Å². The van der Waals surface area contributed by atoms with Crippen LogP contribution in [0.1, 0.15) is 28.8 Å². The molecule has 1 fully saturated rings. The number of hydrogen-bond donors (Lipinski definition) is 3. The van der Waals surface area contributed by atoms with Gasteiger partial charge in [0.1, 0.15) is 24.5 Å². The SMILES string of the molecule is N=C(N)c1ccc(-c2ccc(OC[C@@H]3C[C@@H](CC(=O)O)CN3C(=O)c3ccoc3)cc2)cc1. The topological polar surface area (TPSA) is 130 Å². The van der Waals surface area contributed by atoms with Gasteiger partial charge < -0.3 is 24.9 Å². The Balaban J connectivity index is 1.42. The number of furan rings is 1. The van der Waals surface area contributed by atoms with Crippen LogP contribution in [0.15, 0.2) is 71.5 Å². The summed E-state index contributed by atoms with van der Waals surface area (Å²) in [5.74, 6) is -0.481. The van der Waals surface area contributed by atoms with Crippen molar-refractivity contribution in [3.8, 4) is 16.9 Å². The van der Waals surface area contributed by atoms with E-state index in [1.54, 1.807) is 23.1 Å². The standard InChI is InChI=1S/C25H25N3O5/c26-24(27)19-3-1-17(2-4-19)18-5-7-22(8-6-18)33-15-21-11-16(12-23(29)30)13-28(21)25(31)20-9-10-32-14-20/h1-10,14,16,21H,11-13,15H2,(H3,26,27)(H,29,30)/t16-,21-/m0/s1. The smallest absolute Gasteiger partial charge is 0.303 e. The number of carbonyl (C=O) groups excluding carboxylic acids is 1. The first-order valence-corrected chi connectivity index (χ1v) is 10.6. The molecule has 1 aliphatic heterocycles. The lowest BCUT2D eigenvalue weighted by Crippen LogP contribution is -2.39. The monoisotopic (exact) mass is 447 g/mol. The van der Waals surface area contributed by atoms with Gasteiger partial charge in [0.15, 0.2) is 0 Å². The van der Waals surface area contributed by atoms with E-state index in [0.29, 0.717) is 29.8 Å². The van der Waals surface area contributed by atoms with Crippen LogP contribution in [0.4, 0.5) is 0 Å². The van der Waals surface area contributed by atoms with Gasteiger partial charge in [-0.15, -0.1) is 0 Å². The van der Waals surface area contributed by atoms with Crippen molar-refractivity contribution in [1.29, 1.82) is 5.41 Å². The number of rotatable bonds is 8. The van der Waals surface area contributed by atoms with E-state index in [1.165, 1.54) is 12.5 Å². The second kappa shape index (κ2) is 9.60. The molecule has 33 heavy (non-hydrogen) atoms. The minimum absolute atomic E-state index is 0.0166. The zero-order chi connectivity index (χ0) is 23.4. The summed E-state index contributed by atoms with van der Waals surface area (Å²) in [6, 6.07) is 16.4. The van der Waals surface area contributed by atoms with Gasteiger partial charge in [0.2, 0.25) is 0 Å². The Kier molecular flexibility index (Phi) is 6.44. The van der Waals surface area contributed by atoms with Crippen molar-refractivity contribution < 1.29 is 23.8 Å². The van der Waals surface area contributed by atoms with E-state index >= 15 is 0 Å². The van der Waals surface area contributed by atoms with E-state index in [0.717, 1.165) is 11.1 Å². The summed E-state index contributed by atoms with van der Waals surface area (Å²) in [6.07, 6.45) is 3.42. The third-order valence-corrected chi connectivity index (χ3v) is 5.82. The zero-order valence-corrected chi connectivity index (χ0v) is 17.9. The number of benzene rings is 2. The van der Waals surface area contributed by atoms with Gasteiger partial charge in [-0.25, -0.2) is 0 Å². The Morgan fingerprint density at radius 2 is 1.73 bits per heavy atom. The molecule has 1 aromatic heterocycles. The lowest BCUT2D eigenvalue weighted by Gasteiger charge is -2.24. The van der Waals surface area contributed by atoms with Crippen molar-refractivity contribution in [1.82, 2.24) is 4.90 Å². The van der Waals surface area contributed by atoms with E-state index < -0.39 is 5.97 Å². The summed E-state index contributed by atoms with van der Waals surface area (Å²) in [7, 11) is 0. The van der Waals surface area contributed by atoms with Gasteiger partial charge >= 0.3 is 5.97 Å². The molecule has 2 atom stereocenters. The van der Waals surface area contributed by atoms with Crippen LogP contribution in [0.2, 0.25) is 0 Å². The minimum Gasteiger partial charge on any atom is -0.491 e. The van der Waals surface area contributed by atoms with Gasteiger partial charge in [-0.3, -0.25) is 15.0 Å². The van der Waals surface area contributed by atoms with Gasteiger partial charge in [0.05, 0.1) is 17.9 Å². The van der Waals surface area contributed by atoms with Crippen LogP contribution < -0.4 is 10.5 Å². The predicted octanol–water partition coefficient (Wildman–Crippen LogP) is 3.62. The molecule has 8 heteroatoms. The third-order valence-electron chi connectivity index (χ3n) is 5.82. The lowest BCUT2D eigenvalue weighted by atomic mass is 10.0. The first kappa shape index (κ1) is 22.1. The van der Waals surface area contributed by atoms with Gasteiger partial charge in [-0.2, -0.15) is 0 Å². The quantitative estimate of drug-likeness (QED) is 0.357. The van der Waals surface area contributed by atoms with Gasteiger partial charge in [0.25, 0.3) is 5.91 Å². The second-order valence-electron chi connectivity index (χ2n) is 8.15. The van der Waals surface area contributed by atoms with Crippen molar-refractivity contribution in [2.75, 3.05) is 13.2 Å². The first-order chi connectivity index (χ1) is 15.9. The van der Waals surface area contributed by atoms with E-state index in [4.69, 9.17) is 20.3 Å². The molecule has 1 aliphatic rings. The molecule has 1 amide bonds. The largest absolute Gasteiger partial charge is 0.491 e. The van der Waals surface area contributed by atoms with Crippen molar-refractivity contribution in [3.05, 3.63) is 78.3 Å². The highest BCUT2D eigenvalue weighted by Gasteiger charge is 2.37. The average Bonchev–Trinajstić information content (AvgIpc) is 3.48. The highest BCUT2D eigenvalue weighted by molar-refractivity contribution is 5.95. The highest BCUT2D eigenvalue weighted by Crippen LogP contribution is 2.29. The van der Waals surface area contributed by atoms with Crippen LogP contribution in [-0.4, -0.2) is 46.9 Å². The summed E-state index contributed by atoms with van der Waals surface area (Å²) in [6.45, 7) is 0.645. The van der Waals surface area contributed by atoms with Gasteiger partial charge in [0, 0.05) is 18.5 Å². The summed E-state index contributed by atoms with van der Waals surface area (Å²) in [5, 5.41) is 16.7. The maximum atomic E-state index is 12.9. The molecule has 170 valence electrons. The fourth-order valence-corrected chi connectivity index (χ4v) is 4.15. The van der Waals surface area contributed by atoms with E-state index in [-0.39, 0.29) is 36.7 Å². The third kappa shape index (κ3) is 5.23. The lowest BCUT2D eigenvalue weighted by molar-refractivity contribution is -0.138. The van der Waals surface area contributed by atoms with E-state index in [9.17, 15) is 14.7 Å². The van der Waals surface area contributed by atoms with Crippen LogP contribution in [0.25, 0.3) is 11.1 Å². The molecule has 0 aliphatic carbocycles. The average molecular weight is 447 g/mol. The first-order valence-electron chi connectivity index (χ1n) is 10.6. The number of likely N-dealkylation sites (tertiary alicyclic amines) is 1. The van der Waals surface area contributed by atoms with Gasteiger partial charge in [-0.1, -0.05) is 36.4 Å². The summed E-state index contributed by atoms with van der Waals surface area (Å²) in [5.41, 5.74) is 8.61. The summed E-state index contributed by atoms with van der Waals surface area (Å²) >= 11 is 0. The van der Waals surface area contributed by atoms with E-state index in [2.05, 4.69) is 0 Å². The Bertz CT molecular complexity index is 1120. The maximum absolute atomic E-state index is 12.9. The normalized spacial score (nSPS) is 17.6. The minimum atomic E-state index is -0.871. The van der Waals surface area contributed by atoms with Crippen molar-refractivity contribution in [2.45, 2.75) is 18.9 Å². The molecule has 0 bridgehead atoms. The highest BCUT2D eigenvalue weighted by atomic mass is 16.5. The van der Waals surface area contributed by atoms with Crippen LogP contribution in [-0.2, 0) is 4.79 Å². The number of nitrogens with one attached hydrogen (secondary N) is 1. The number of carboxylic acids is 1. The Morgan fingerprint density at radius 1 is 1.06 bits per heavy atom. The molecule has 3 aromatic rings.